The lowest BCUT2D eigenvalue weighted by Gasteiger charge is -2.01. The summed E-state index contributed by atoms with van der Waals surface area (Å²) >= 11 is 0. The van der Waals surface area contributed by atoms with Crippen LogP contribution in [0, 0.1) is 19.7 Å². The molecule has 0 aliphatic carbocycles. The summed E-state index contributed by atoms with van der Waals surface area (Å²) in [4.78, 5) is 20.5. The van der Waals surface area contributed by atoms with Crippen molar-refractivity contribution in [1.82, 2.24) is 25.0 Å². The summed E-state index contributed by atoms with van der Waals surface area (Å²) < 4.78 is 14.4. The van der Waals surface area contributed by atoms with Crippen LogP contribution in [0.25, 0.3) is 5.78 Å². The second-order valence-electron chi connectivity index (χ2n) is 5.33. The van der Waals surface area contributed by atoms with E-state index in [2.05, 4.69) is 25.6 Å². The number of rotatable bonds is 3. The minimum Gasteiger partial charge on any atom is -0.264 e. The van der Waals surface area contributed by atoms with Crippen LogP contribution >= 0.6 is 0 Å². The maximum atomic E-state index is 12.9. The van der Waals surface area contributed by atoms with E-state index in [-0.39, 0.29) is 11.6 Å². The molecule has 8 heteroatoms. The smallest absolute Gasteiger partial charge is 0.264 e. The zero-order chi connectivity index (χ0) is 17.3. The number of halogens is 1. The van der Waals surface area contributed by atoms with Gasteiger partial charge in [-0.1, -0.05) is 12.1 Å². The molecule has 0 bridgehead atoms. The van der Waals surface area contributed by atoms with Crippen LogP contribution in [0.15, 0.2) is 35.4 Å². The Morgan fingerprint density at radius 1 is 1.21 bits per heavy atom. The Kier molecular flexibility index (Phi) is 4.03. The predicted molar refractivity (Wildman–Crippen MR) is 86.3 cm³/mol. The Bertz CT molecular complexity index is 945. The van der Waals surface area contributed by atoms with E-state index in [1.165, 1.54) is 16.6 Å². The molecule has 0 aliphatic heterocycles. The summed E-state index contributed by atoms with van der Waals surface area (Å²) in [6.07, 6.45) is 0. The number of hydrazone groups is 1. The molecule has 24 heavy (non-hydrogen) atoms. The number of amides is 1. The fourth-order valence-electron chi connectivity index (χ4n) is 2.20. The van der Waals surface area contributed by atoms with Crippen LogP contribution in [0.5, 0.6) is 0 Å². The Hall–Kier alpha value is -3.16. The summed E-state index contributed by atoms with van der Waals surface area (Å²) in [6, 6.07) is 7.67. The highest BCUT2D eigenvalue weighted by Crippen LogP contribution is 2.06. The molecule has 0 saturated heterocycles. The Morgan fingerprint density at radius 3 is 2.62 bits per heavy atom. The largest absolute Gasteiger partial charge is 0.311 e. The molecule has 2 aromatic heterocycles. The summed E-state index contributed by atoms with van der Waals surface area (Å²) in [5, 5.41) is 8.12. The van der Waals surface area contributed by atoms with E-state index in [1.807, 2.05) is 19.9 Å². The zero-order valence-electron chi connectivity index (χ0n) is 13.4. The normalized spacial score (nSPS) is 11.8. The quantitative estimate of drug-likeness (QED) is 0.589. The predicted octanol–water partition coefficient (Wildman–Crippen LogP) is 2.03. The van der Waals surface area contributed by atoms with Crippen LogP contribution in [0.3, 0.4) is 0 Å². The second kappa shape index (κ2) is 6.15. The number of carbonyl (C=O) groups is 1. The summed E-state index contributed by atoms with van der Waals surface area (Å²) in [6.45, 7) is 5.41. The number of aromatic nitrogens is 4. The third-order valence-electron chi connectivity index (χ3n) is 3.41. The third kappa shape index (κ3) is 3.12. The van der Waals surface area contributed by atoms with E-state index >= 15 is 0 Å². The van der Waals surface area contributed by atoms with Crippen molar-refractivity contribution >= 4 is 17.4 Å². The highest BCUT2D eigenvalue weighted by atomic mass is 19.1. The molecule has 0 radical (unpaired) electrons. The Labute approximate surface area is 137 Å². The number of benzene rings is 1. The molecule has 3 aromatic rings. The van der Waals surface area contributed by atoms with Gasteiger partial charge in [-0.05, 0) is 44.5 Å². The molecule has 0 unspecified atom stereocenters. The van der Waals surface area contributed by atoms with Crippen molar-refractivity contribution in [1.29, 1.82) is 0 Å². The van der Waals surface area contributed by atoms with Gasteiger partial charge in [0, 0.05) is 11.4 Å². The van der Waals surface area contributed by atoms with Crippen LogP contribution in [0.2, 0.25) is 0 Å². The molecule has 7 nitrogen and oxygen atoms in total. The first-order valence-electron chi connectivity index (χ1n) is 7.25. The first kappa shape index (κ1) is 15.7. The zero-order valence-corrected chi connectivity index (χ0v) is 13.4. The maximum absolute atomic E-state index is 12.9. The topological polar surface area (TPSA) is 84.5 Å². The fraction of sp³-hybridized carbons (Fsp3) is 0.188. The first-order valence-corrected chi connectivity index (χ1v) is 7.25. The van der Waals surface area contributed by atoms with Gasteiger partial charge in [-0.3, -0.25) is 4.79 Å². The minimum atomic E-state index is -0.543. The molecule has 1 aromatic carbocycles. The van der Waals surface area contributed by atoms with Crippen molar-refractivity contribution in [2.75, 3.05) is 0 Å². The van der Waals surface area contributed by atoms with E-state index in [0.717, 1.165) is 11.4 Å². The van der Waals surface area contributed by atoms with Gasteiger partial charge in [-0.2, -0.15) is 10.1 Å². The molecule has 0 saturated carbocycles. The number of carbonyl (C=O) groups excluding carboxylic acids is 1. The van der Waals surface area contributed by atoms with Gasteiger partial charge in [0.05, 0.1) is 5.71 Å². The van der Waals surface area contributed by atoms with Crippen LogP contribution in [-0.4, -0.2) is 31.2 Å². The number of hydrogen-bond donors (Lipinski definition) is 1. The average molecular weight is 326 g/mol. The molecule has 3 rings (SSSR count). The van der Waals surface area contributed by atoms with Crippen LogP contribution in [-0.2, 0) is 0 Å². The Balaban J connectivity index is 1.81. The second-order valence-corrected chi connectivity index (χ2v) is 5.33. The van der Waals surface area contributed by atoms with Gasteiger partial charge in [0.1, 0.15) is 5.82 Å². The monoisotopic (exact) mass is 326 g/mol. The van der Waals surface area contributed by atoms with Gasteiger partial charge >= 0.3 is 5.91 Å². The Morgan fingerprint density at radius 2 is 1.92 bits per heavy atom. The van der Waals surface area contributed by atoms with Crippen LogP contribution in [0.4, 0.5) is 4.39 Å². The highest BCUT2D eigenvalue weighted by molar-refractivity contribution is 6.00. The van der Waals surface area contributed by atoms with Crippen molar-refractivity contribution in [2.24, 2.45) is 5.10 Å². The minimum absolute atomic E-state index is 0.0214. The van der Waals surface area contributed by atoms with Gasteiger partial charge in [-0.25, -0.2) is 19.3 Å². The lowest BCUT2D eigenvalue weighted by Crippen LogP contribution is -2.20. The van der Waals surface area contributed by atoms with Crippen LogP contribution in [0.1, 0.15) is 34.5 Å². The lowest BCUT2D eigenvalue weighted by atomic mass is 10.1. The van der Waals surface area contributed by atoms with Gasteiger partial charge < -0.3 is 0 Å². The molecular formula is C16H15FN6O. The molecule has 1 amide bonds. The van der Waals surface area contributed by atoms with E-state index in [9.17, 15) is 9.18 Å². The lowest BCUT2D eigenvalue weighted by molar-refractivity contribution is 0.0944. The third-order valence-corrected chi connectivity index (χ3v) is 3.41. The maximum Gasteiger partial charge on any atom is 0.311 e. The summed E-state index contributed by atoms with van der Waals surface area (Å²) in [5.41, 5.74) is 5.26. The summed E-state index contributed by atoms with van der Waals surface area (Å²) in [5.74, 6) is -0.537. The molecule has 1 N–H and O–H groups in total. The van der Waals surface area contributed by atoms with E-state index in [1.54, 1.807) is 19.1 Å². The van der Waals surface area contributed by atoms with Crippen molar-refractivity contribution < 1.29 is 9.18 Å². The average Bonchev–Trinajstić information content (AvgIpc) is 2.97. The number of nitrogens with zero attached hydrogens (tertiary/aromatic N) is 5. The van der Waals surface area contributed by atoms with E-state index in [0.29, 0.717) is 17.1 Å². The van der Waals surface area contributed by atoms with Crippen LogP contribution < -0.4 is 5.43 Å². The molecular weight excluding hydrogens is 311 g/mol. The molecule has 0 aliphatic rings. The SMILES string of the molecule is C/C(=N/NC(=O)c1nc2nc(C)cc(C)n2n1)c1ccc(F)cc1. The standard InChI is InChI=1S/C16H15FN6O/c1-9-8-10(2)23-16(18-9)19-14(22-23)15(24)21-20-11(3)12-4-6-13(17)7-5-12/h4-8H,1-3H3,(H,21,24)/b20-11-. The van der Waals surface area contributed by atoms with Gasteiger partial charge in [0.2, 0.25) is 5.82 Å². The van der Waals surface area contributed by atoms with Crippen molar-refractivity contribution in [2.45, 2.75) is 20.8 Å². The van der Waals surface area contributed by atoms with Gasteiger partial charge in [0.25, 0.3) is 5.78 Å². The number of hydrogen-bond acceptors (Lipinski definition) is 5. The number of nitrogens with one attached hydrogen (secondary N) is 1. The molecule has 0 atom stereocenters. The molecule has 2 heterocycles. The first-order chi connectivity index (χ1) is 11.4. The molecule has 122 valence electrons. The number of aryl methyl sites for hydroxylation is 2. The fourth-order valence-corrected chi connectivity index (χ4v) is 2.20. The highest BCUT2D eigenvalue weighted by Gasteiger charge is 2.14. The summed E-state index contributed by atoms with van der Waals surface area (Å²) in [7, 11) is 0. The van der Waals surface area contributed by atoms with Crippen molar-refractivity contribution in [3.8, 4) is 0 Å². The molecule has 0 fully saturated rings. The van der Waals surface area contributed by atoms with Crippen molar-refractivity contribution in [3.05, 3.63) is 58.9 Å². The van der Waals surface area contributed by atoms with Crippen molar-refractivity contribution in [3.63, 3.8) is 0 Å². The number of fused-ring (bicyclic) bond motifs is 1. The van der Waals surface area contributed by atoms with Gasteiger partial charge in [0.15, 0.2) is 0 Å². The van der Waals surface area contributed by atoms with Gasteiger partial charge in [-0.15, -0.1) is 5.10 Å². The molecule has 0 spiro atoms. The van der Waals surface area contributed by atoms with E-state index in [4.69, 9.17) is 0 Å². The van der Waals surface area contributed by atoms with E-state index < -0.39 is 5.91 Å².